The fraction of sp³-hybridized carbons (Fsp3) is 0.154. The van der Waals surface area contributed by atoms with Gasteiger partial charge in [-0.05, 0) is 28.8 Å². The van der Waals surface area contributed by atoms with E-state index in [1.54, 1.807) is 12.4 Å². The number of aliphatic hydroxyl groups excluding tert-OH is 1. The van der Waals surface area contributed by atoms with E-state index in [0.29, 0.717) is 5.88 Å². The highest BCUT2D eigenvalue weighted by Crippen LogP contribution is 2.21. The summed E-state index contributed by atoms with van der Waals surface area (Å²) in [6.45, 7) is 0.0520. The third-order valence-corrected chi connectivity index (χ3v) is 2.70. The van der Waals surface area contributed by atoms with Crippen molar-refractivity contribution in [3.05, 3.63) is 53.9 Å². The van der Waals surface area contributed by atoms with Crippen LogP contribution in [0.1, 0.15) is 11.1 Å². The number of benzene rings is 1. The first-order valence-corrected chi connectivity index (χ1v) is 5.57. The van der Waals surface area contributed by atoms with Crippen molar-refractivity contribution in [2.24, 2.45) is 0 Å². The van der Waals surface area contributed by atoms with Crippen molar-refractivity contribution >= 4 is 11.6 Å². The van der Waals surface area contributed by atoms with E-state index < -0.39 is 0 Å². The number of hydrogen-bond donors (Lipinski definition) is 1. The van der Waals surface area contributed by atoms with Crippen molar-refractivity contribution in [3.63, 3.8) is 0 Å². The average Bonchev–Trinajstić information content (AvgIpc) is 2.39. The maximum Gasteiger partial charge on any atom is 0.0682 e. The fourth-order valence-electron chi connectivity index (χ4n) is 1.57. The molecule has 1 aromatic carbocycles. The number of hydrogen-bond acceptors (Lipinski definition) is 2. The SMILES string of the molecule is OCc1cccc(-c2cncc(CCl)c2)c1. The van der Waals surface area contributed by atoms with Crippen LogP contribution in [-0.4, -0.2) is 10.1 Å². The van der Waals surface area contributed by atoms with Crippen molar-refractivity contribution in [1.82, 2.24) is 4.98 Å². The van der Waals surface area contributed by atoms with Crippen LogP contribution in [0, 0.1) is 0 Å². The summed E-state index contributed by atoms with van der Waals surface area (Å²) in [6, 6.07) is 9.77. The minimum Gasteiger partial charge on any atom is -0.392 e. The molecule has 3 heteroatoms. The van der Waals surface area contributed by atoms with Crippen LogP contribution in [0.4, 0.5) is 0 Å². The Hall–Kier alpha value is -1.38. The first-order valence-electron chi connectivity index (χ1n) is 5.03. The molecule has 0 aliphatic carbocycles. The van der Waals surface area contributed by atoms with Crippen LogP contribution in [0.2, 0.25) is 0 Å². The molecule has 0 fully saturated rings. The predicted molar refractivity (Wildman–Crippen MR) is 65.2 cm³/mol. The summed E-state index contributed by atoms with van der Waals surface area (Å²) < 4.78 is 0. The van der Waals surface area contributed by atoms with Crippen LogP contribution < -0.4 is 0 Å². The fourth-order valence-corrected chi connectivity index (χ4v) is 1.71. The molecule has 2 rings (SSSR count). The van der Waals surface area contributed by atoms with E-state index >= 15 is 0 Å². The van der Waals surface area contributed by atoms with Gasteiger partial charge in [0, 0.05) is 23.8 Å². The third kappa shape index (κ3) is 2.40. The van der Waals surface area contributed by atoms with E-state index in [1.807, 2.05) is 30.3 Å². The molecule has 0 unspecified atom stereocenters. The van der Waals surface area contributed by atoms with Crippen LogP contribution in [0.5, 0.6) is 0 Å². The van der Waals surface area contributed by atoms with Gasteiger partial charge in [-0.2, -0.15) is 0 Å². The highest BCUT2D eigenvalue weighted by atomic mass is 35.5. The number of aromatic nitrogens is 1. The maximum absolute atomic E-state index is 9.07. The Kier molecular flexibility index (Phi) is 3.54. The molecule has 0 aliphatic rings. The maximum atomic E-state index is 9.07. The van der Waals surface area contributed by atoms with Gasteiger partial charge in [-0.3, -0.25) is 4.98 Å². The van der Waals surface area contributed by atoms with E-state index in [0.717, 1.165) is 22.3 Å². The van der Waals surface area contributed by atoms with Gasteiger partial charge in [-0.15, -0.1) is 11.6 Å². The van der Waals surface area contributed by atoms with Crippen LogP contribution in [0.3, 0.4) is 0 Å². The summed E-state index contributed by atoms with van der Waals surface area (Å²) in [6.07, 6.45) is 3.55. The largest absolute Gasteiger partial charge is 0.392 e. The van der Waals surface area contributed by atoms with Gasteiger partial charge in [-0.25, -0.2) is 0 Å². The van der Waals surface area contributed by atoms with Crippen molar-refractivity contribution < 1.29 is 5.11 Å². The lowest BCUT2D eigenvalue weighted by Gasteiger charge is -2.04. The number of pyridine rings is 1. The van der Waals surface area contributed by atoms with Gasteiger partial charge in [-0.1, -0.05) is 18.2 Å². The summed E-state index contributed by atoms with van der Waals surface area (Å²) in [7, 11) is 0. The Morgan fingerprint density at radius 1 is 1.06 bits per heavy atom. The summed E-state index contributed by atoms with van der Waals surface area (Å²) in [5.41, 5.74) is 3.96. The minimum atomic E-state index is 0.0520. The smallest absolute Gasteiger partial charge is 0.0682 e. The van der Waals surface area contributed by atoms with E-state index in [9.17, 15) is 0 Å². The van der Waals surface area contributed by atoms with E-state index in [2.05, 4.69) is 4.98 Å². The molecule has 1 N–H and O–H groups in total. The molecule has 16 heavy (non-hydrogen) atoms. The molecule has 0 radical (unpaired) electrons. The predicted octanol–water partition coefficient (Wildman–Crippen LogP) is 2.98. The average molecular weight is 234 g/mol. The van der Waals surface area contributed by atoms with Gasteiger partial charge in [0.1, 0.15) is 0 Å². The molecule has 0 atom stereocenters. The lowest BCUT2D eigenvalue weighted by molar-refractivity contribution is 0.282. The van der Waals surface area contributed by atoms with Gasteiger partial charge in [0.05, 0.1) is 6.61 Å². The molecular weight excluding hydrogens is 222 g/mol. The van der Waals surface area contributed by atoms with Crippen LogP contribution in [0.15, 0.2) is 42.7 Å². The molecule has 82 valence electrons. The van der Waals surface area contributed by atoms with Crippen LogP contribution in [-0.2, 0) is 12.5 Å². The highest BCUT2D eigenvalue weighted by molar-refractivity contribution is 6.17. The topological polar surface area (TPSA) is 33.1 Å². The second-order valence-electron chi connectivity index (χ2n) is 3.57. The summed E-state index contributed by atoms with van der Waals surface area (Å²) in [5, 5.41) is 9.07. The molecule has 0 aliphatic heterocycles. The molecule has 0 spiro atoms. The minimum absolute atomic E-state index is 0.0520. The van der Waals surface area contributed by atoms with Crippen LogP contribution in [0.25, 0.3) is 11.1 Å². The molecule has 0 amide bonds. The number of nitrogens with zero attached hydrogens (tertiary/aromatic N) is 1. The molecule has 0 bridgehead atoms. The Labute approximate surface area is 99.5 Å². The van der Waals surface area contributed by atoms with Gasteiger partial charge in [0.15, 0.2) is 0 Å². The second-order valence-corrected chi connectivity index (χ2v) is 3.84. The third-order valence-electron chi connectivity index (χ3n) is 2.39. The second kappa shape index (κ2) is 5.10. The van der Waals surface area contributed by atoms with Gasteiger partial charge in [0.2, 0.25) is 0 Å². The first kappa shape index (κ1) is 11.1. The van der Waals surface area contributed by atoms with Crippen molar-refractivity contribution in [2.45, 2.75) is 12.5 Å². The Bertz CT molecular complexity index is 439. The molecule has 2 aromatic rings. The van der Waals surface area contributed by atoms with E-state index in [4.69, 9.17) is 16.7 Å². The lowest BCUT2D eigenvalue weighted by Crippen LogP contribution is -1.87. The number of rotatable bonds is 3. The highest BCUT2D eigenvalue weighted by Gasteiger charge is 2.00. The van der Waals surface area contributed by atoms with Crippen molar-refractivity contribution in [3.8, 4) is 11.1 Å². The number of aliphatic hydroxyl groups is 1. The molecule has 1 aromatic heterocycles. The van der Waals surface area contributed by atoms with Crippen molar-refractivity contribution in [2.75, 3.05) is 0 Å². The Balaban J connectivity index is 2.41. The monoisotopic (exact) mass is 233 g/mol. The van der Waals surface area contributed by atoms with Crippen molar-refractivity contribution in [1.29, 1.82) is 0 Å². The molecule has 2 nitrogen and oxygen atoms in total. The normalized spacial score (nSPS) is 10.4. The molecule has 1 heterocycles. The summed E-state index contributed by atoms with van der Waals surface area (Å²) >= 11 is 5.76. The standard InChI is InChI=1S/C13H12ClNO/c14-6-11-5-13(8-15-7-11)12-3-1-2-10(4-12)9-16/h1-5,7-8,16H,6,9H2. The van der Waals surface area contributed by atoms with E-state index in [-0.39, 0.29) is 6.61 Å². The number of halogens is 1. The zero-order valence-electron chi connectivity index (χ0n) is 8.73. The molecule has 0 saturated heterocycles. The Morgan fingerprint density at radius 3 is 2.62 bits per heavy atom. The molecule has 0 saturated carbocycles. The molecular formula is C13H12ClNO. The zero-order chi connectivity index (χ0) is 11.4. The van der Waals surface area contributed by atoms with Crippen LogP contribution >= 0.6 is 11.6 Å². The number of alkyl halides is 1. The first-order chi connectivity index (χ1) is 7.83. The zero-order valence-corrected chi connectivity index (χ0v) is 9.48. The Morgan fingerprint density at radius 2 is 1.88 bits per heavy atom. The van der Waals surface area contributed by atoms with Gasteiger partial charge >= 0.3 is 0 Å². The summed E-state index contributed by atoms with van der Waals surface area (Å²) in [5.74, 6) is 0.459. The van der Waals surface area contributed by atoms with E-state index in [1.165, 1.54) is 0 Å². The lowest BCUT2D eigenvalue weighted by atomic mass is 10.0. The van der Waals surface area contributed by atoms with Gasteiger partial charge in [0.25, 0.3) is 0 Å². The summed E-state index contributed by atoms with van der Waals surface area (Å²) in [4.78, 5) is 4.14. The van der Waals surface area contributed by atoms with Gasteiger partial charge < -0.3 is 5.11 Å². The quantitative estimate of drug-likeness (QED) is 0.827.